The first-order chi connectivity index (χ1) is 12.0. The molecule has 0 aliphatic carbocycles. The third-order valence-corrected chi connectivity index (χ3v) is 4.58. The number of hydrogen-bond donors (Lipinski definition) is 0. The topological polar surface area (TPSA) is 22.0 Å². The monoisotopic (exact) mass is 329 g/mol. The smallest absolute Gasteiger partial charge is 0.185 e. The van der Waals surface area contributed by atoms with Gasteiger partial charge in [-0.05, 0) is 63.1 Å². The van der Waals surface area contributed by atoms with Gasteiger partial charge in [-0.15, -0.1) is 0 Å². The fourth-order valence-electron chi connectivity index (χ4n) is 3.12. The number of aromatic nitrogens is 1. The molecule has 25 heavy (non-hydrogen) atoms. The van der Waals surface area contributed by atoms with Gasteiger partial charge in [0.1, 0.15) is 0 Å². The molecule has 0 spiro atoms. The van der Waals surface area contributed by atoms with E-state index in [1.807, 2.05) is 43.3 Å². The summed E-state index contributed by atoms with van der Waals surface area (Å²) in [5, 5.41) is 0. The molecule has 3 rings (SSSR count). The molecule has 0 amide bonds. The highest BCUT2D eigenvalue weighted by Gasteiger charge is 2.11. The lowest BCUT2D eigenvalue weighted by atomic mass is 10.1. The van der Waals surface area contributed by atoms with Gasteiger partial charge < -0.3 is 4.57 Å². The number of allylic oxidation sites excluding steroid dienone is 1. The van der Waals surface area contributed by atoms with E-state index in [1.165, 1.54) is 11.3 Å². The first kappa shape index (κ1) is 17.0. The maximum atomic E-state index is 12.4. The second-order valence-corrected chi connectivity index (χ2v) is 6.51. The summed E-state index contributed by atoms with van der Waals surface area (Å²) in [6.45, 7) is 8.32. The fraction of sp³-hybridized carbons (Fsp3) is 0.174. The van der Waals surface area contributed by atoms with E-state index in [1.54, 1.807) is 6.08 Å². The number of nitrogens with zero attached hydrogens (tertiary/aromatic N) is 1. The Hall–Kier alpha value is -2.87. The van der Waals surface area contributed by atoms with Gasteiger partial charge in [-0.25, -0.2) is 0 Å². The Labute approximate surface area is 149 Å². The molecule has 1 aromatic heterocycles. The highest BCUT2D eigenvalue weighted by Crippen LogP contribution is 2.24. The molecular formula is C23H23NO. The van der Waals surface area contributed by atoms with E-state index in [4.69, 9.17) is 0 Å². The number of ketones is 1. The van der Waals surface area contributed by atoms with E-state index >= 15 is 0 Å². The van der Waals surface area contributed by atoms with Crippen LogP contribution in [-0.4, -0.2) is 10.4 Å². The van der Waals surface area contributed by atoms with Crippen LogP contribution in [0.2, 0.25) is 0 Å². The molecule has 0 unspecified atom stereocenters. The van der Waals surface area contributed by atoms with Gasteiger partial charge in [-0.3, -0.25) is 4.79 Å². The molecule has 2 nitrogen and oxygen atoms in total. The molecule has 0 fully saturated rings. The summed E-state index contributed by atoms with van der Waals surface area (Å²) >= 11 is 0. The van der Waals surface area contributed by atoms with Gasteiger partial charge in [0.2, 0.25) is 0 Å². The first-order valence-corrected chi connectivity index (χ1v) is 8.51. The number of carbonyl (C=O) groups is 1. The molecule has 0 saturated carbocycles. The van der Waals surface area contributed by atoms with Crippen LogP contribution in [0, 0.1) is 27.7 Å². The summed E-state index contributed by atoms with van der Waals surface area (Å²) in [5.74, 6) is 0.0284. The molecule has 0 aliphatic heterocycles. The van der Waals surface area contributed by atoms with Crippen LogP contribution in [0.4, 0.5) is 0 Å². The van der Waals surface area contributed by atoms with Crippen LogP contribution in [-0.2, 0) is 0 Å². The highest BCUT2D eigenvalue weighted by atomic mass is 16.1. The molecule has 2 heteroatoms. The van der Waals surface area contributed by atoms with Gasteiger partial charge in [-0.1, -0.05) is 48.0 Å². The van der Waals surface area contributed by atoms with Crippen molar-refractivity contribution in [2.45, 2.75) is 27.7 Å². The summed E-state index contributed by atoms with van der Waals surface area (Å²) in [7, 11) is 0. The SMILES string of the molecule is Cc1ccc(C(=O)/C=C/c2cc(C)n(-c3ccccc3C)c2C)cc1. The van der Waals surface area contributed by atoms with Gasteiger partial charge in [0.15, 0.2) is 5.78 Å². The number of carbonyl (C=O) groups excluding carboxylic acids is 1. The Bertz CT molecular complexity index is 943. The fourth-order valence-corrected chi connectivity index (χ4v) is 3.12. The standard InChI is InChI=1S/C23H23NO/c1-16-9-11-20(12-10-16)23(25)14-13-21-15-18(3)24(19(21)4)22-8-6-5-7-17(22)2/h5-15H,1-4H3/b14-13+. The Kier molecular flexibility index (Phi) is 4.71. The third kappa shape index (κ3) is 3.48. The van der Waals surface area contributed by atoms with Crippen LogP contribution in [0.15, 0.2) is 60.7 Å². The zero-order chi connectivity index (χ0) is 18.0. The lowest BCUT2D eigenvalue weighted by Crippen LogP contribution is -2.01. The van der Waals surface area contributed by atoms with Gasteiger partial charge in [0.05, 0.1) is 0 Å². The van der Waals surface area contributed by atoms with E-state index in [-0.39, 0.29) is 5.78 Å². The predicted molar refractivity (Wildman–Crippen MR) is 105 cm³/mol. The average molecular weight is 329 g/mol. The van der Waals surface area contributed by atoms with E-state index in [9.17, 15) is 4.79 Å². The van der Waals surface area contributed by atoms with Gasteiger partial charge in [0, 0.05) is 22.6 Å². The van der Waals surface area contributed by atoms with E-state index in [0.29, 0.717) is 0 Å². The molecule has 0 saturated heterocycles. The van der Waals surface area contributed by atoms with Crippen LogP contribution in [0.3, 0.4) is 0 Å². The molecule has 3 aromatic rings. The Balaban J connectivity index is 1.92. The molecular weight excluding hydrogens is 306 g/mol. The molecule has 126 valence electrons. The lowest BCUT2D eigenvalue weighted by molar-refractivity contribution is 0.104. The average Bonchev–Trinajstić information content (AvgIpc) is 2.88. The van der Waals surface area contributed by atoms with Crippen molar-refractivity contribution in [2.24, 2.45) is 0 Å². The molecule has 0 bridgehead atoms. The maximum Gasteiger partial charge on any atom is 0.185 e. The minimum Gasteiger partial charge on any atom is -0.318 e. The van der Waals surface area contributed by atoms with E-state index in [0.717, 1.165) is 28.1 Å². The molecule has 1 heterocycles. The Morgan fingerprint density at radius 1 is 0.920 bits per heavy atom. The first-order valence-electron chi connectivity index (χ1n) is 8.51. The molecule has 0 aliphatic rings. The number of para-hydroxylation sites is 1. The minimum absolute atomic E-state index is 0.0284. The predicted octanol–water partition coefficient (Wildman–Crippen LogP) is 5.61. The zero-order valence-corrected chi connectivity index (χ0v) is 15.2. The van der Waals surface area contributed by atoms with Crippen LogP contribution >= 0.6 is 0 Å². The van der Waals surface area contributed by atoms with Crippen molar-refractivity contribution in [2.75, 3.05) is 0 Å². The second kappa shape index (κ2) is 6.94. The Morgan fingerprint density at radius 2 is 1.60 bits per heavy atom. The van der Waals surface area contributed by atoms with Crippen LogP contribution in [0.25, 0.3) is 11.8 Å². The zero-order valence-electron chi connectivity index (χ0n) is 15.2. The summed E-state index contributed by atoms with van der Waals surface area (Å²) in [4.78, 5) is 12.4. The summed E-state index contributed by atoms with van der Waals surface area (Å²) < 4.78 is 2.24. The van der Waals surface area contributed by atoms with Gasteiger partial charge >= 0.3 is 0 Å². The van der Waals surface area contributed by atoms with Crippen molar-refractivity contribution in [3.8, 4) is 5.69 Å². The van der Waals surface area contributed by atoms with Crippen molar-refractivity contribution >= 4 is 11.9 Å². The van der Waals surface area contributed by atoms with Crippen molar-refractivity contribution in [1.82, 2.24) is 4.57 Å². The van der Waals surface area contributed by atoms with Crippen molar-refractivity contribution in [1.29, 1.82) is 0 Å². The number of aryl methyl sites for hydroxylation is 3. The number of rotatable bonds is 4. The van der Waals surface area contributed by atoms with Crippen molar-refractivity contribution in [3.63, 3.8) is 0 Å². The normalized spacial score (nSPS) is 11.2. The van der Waals surface area contributed by atoms with Gasteiger partial charge in [0.25, 0.3) is 0 Å². The Morgan fingerprint density at radius 3 is 2.28 bits per heavy atom. The minimum atomic E-state index is 0.0284. The van der Waals surface area contributed by atoms with Crippen LogP contribution in [0.1, 0.15) is 38.4 Å². The third-order valence-electron chi connectivity index (χ3n) is 4.58. The number of benzene rings is 2. The molecule has 0 atom stereocenters. The maximum absolute atomic E-state index is 12.4. The molecule has 0 radical (unpaired) electrons. The highest BCUT2D eigenvalue weighted by molar-refractivity contribution is 6.06. The van der Waals surface area contributed by atoms with E-state index < -0.39 is 0 Å². The van der Waals surface area contributed by atoms with Gasteiger partial charge in [-0.2, -0.15) is 0 Å². The summed E-state index contributed by atoms with van der Waals surface area (Å²) in [5.41, 5.74) is 7.66. The largest absolute Gasteiger partial charge is 0.318 e. The molecule has 2 aromatic carbocycles. The van der Waals surface area contributed by atoms with E-state index in [2.05, 4.69) is 49.6 Å². The summed E-state index contributed by atoms with van der Waals surface area (Å²) in [6.07, 6.45) is 3.58. The molecule has 0 N–H and O–H groups in total. The lowest BCUT2D eigenvalue weighted by Gasteiger charge is -2.12. The summed E-state index contributed by atoms with van der Waals surface area (Å²) in [6, 6.07) is 18.1. The van der Waals surface area contributed by atoms with Crippen molar-refractivity contribution < 1.29 is 4.79 Å². The number of hydrogen-bond acceptors (Lipinski definition) is 1. The van der Waals surface area contributed by atoms with Crippen LogP contribution < -0.4 is 0 Å². The second-order valence-electron chi connectivity index (χ2n) is 6.51. The van der Waals surface area contributed by atoms with Crippen LogP contribution in [0.5, 0.6) is 0 Å². The van der Waals surface area contributed by atoms with Crippen molar-refractivity contribution in [3.05, 3.63) is 94.3 Å². The quantitative estimate of drug-likeness (QED) is 0.450.